The van der Waals surface area contributed by atoms with Crippen LogP contribution in [-0.4, -0.2) is 4.83 Å². The maximum absolute atomic E-state index is 3.68. The van der Waals surface area contributed by atoms with Gasteiger partial charge in [0.1, 0.15) is 0 Å². The lowest BCUT2D eigenvalue weighted by atomic mass is 10.0. The van der Waals surface area contributed by atoms with Crippen molar-refractivity contribution in [1.82, 2.24) is 0 Å². The zero-order valence-corrected chi connectivity index (χ0v) is 7.82. The molecule has 54 valence electrons. The number of hydrogen-bond acceptors (Lipinski definition) is 0. The minimum Gasteiger partial charge on any atom is -0.103 e. The van der Waals surface area contributed by atoms with E-state index in [9.17, 15) is 0 Å². The maximum Gasteiger partial charge on any atom is 0.0143 e. The third-order valence-electron chi connectivity index (χ3n) is 1.61. The Hall–Kier alpha value is 0.220. The molecule has 0 bridgehead atoms. The molecule has 0 aromatic rings. The van der Waals surface area contributed by atoms with E-state index in [1.807, 2.05) is 6.08 Å². The lowest BCUT2D eigenvalue weighted by Gasteiger charge is -2.11. The van der Waals surface area contributed by atoms with Crippen LogP contribution < -0.4 is 0 Å². The first kappa shape index (κ1) is 9.22. The minimum absolute atomic E-state index is 0.637. The summed E-state index contributed by atoms with van der Waals surface area (Å²) in [5.41, 5.74) is 0. The molecule has 0 aromatic heterocycles. The van der Waals surface area contributed by atoms with Crippen molar-refractivity contribution >= 4 is 15.9 Å². The summed E-state index contributed by atoms with van der Waals surface area (Å²) in [6.07, 6.45) is 4.36. The largest absolute Gasteiger partial charge is 0.103 e. The van der Waals surface area contributed by atoms with Crippen molar-refractivity contribution in [3.05, 3.63) is 12.7 Å². The summed E-state index contributed by atoms with van der Waals surface area (Å²) in [5, 5.41) is 0. The second-order valence-electron chi connectivity index (χ2n) is 2.52. The molecule has 0 spiro atoms. The Morgan fingerprint density at radius 1 is 1.56 bits per heavy atom. The molecule has 0 heterocycles. The van der Waals surface area contributed by atoms with E-state index in [1.54, 1.807) is 0 Å². The van der Waals surface area contributed by atoms with E-state index in [4.69, 9.17) is 0 Å². The van der Waals surface area contributed by atoms with Crippen LogP contribution in [0.4, 0.5) is 0 Å². The van der Waals surface area contributed by atoms with E-state index in [0.717, 1.165) is 12.3 Å². The van der Waals surface area contributed by atoms with Crippen molar-refractivity contribution in [2.45, 2.75) is 31.5 Å². The van der Waals surface area contributed by atoms with E-state index in [1.165, 1.54) is 6.42 Å². The van der Waals surface area contributed by atoms with Crippen molar-refractivity contribution in [3.63, 3.8) is 0 Å². The molecule has 0 nitrogen and oxygen atoms in total. The van der Waals surface area contributed by atoms with E-state index < -0.39 is 0 Å². The number of rotatable bonds is 4. The molecule has 0 saturated carbocycles. The number of hydrogen-bond donors (Lipinski definition) is 0. The summed E-state index contributed by atoms with van der Waals surface area (Å²) in [5.74, 6) is 0.767. The Balaban J connectivity index is 3.26. The van der Waals surface area contributed by atoms with Crippen molar-refractivity contribution in [1.29, 1.82) is 0 Å². The van der Waals surface area contributed by atoms with Crippen LogP contribution in [0.25, 0.3) is 0 Å². The second-order valence-corrected chi connectivity index (χ2v) is 3.97. The smallest absolute Gasteiger partial charge is 0.0143 e. The molecule has 0 fully saturated rings. The van der Waals surface area contributed by atoms with Gasteiger partial charge in [0.25, 0.3) is 0 Å². The molecule has 0 rings (SSSR count). The Kier molecular flexibility index (Phi) is 5.16. The Labute approximate surface area is 66.5 Å². The van der Waals surface area contributed by atoms with Crippen LogP contribution in [0.15, 0.2) is 12.7 Å². The molecule has 2 atom stereocenters. The van der Waals surface area contributed by atoms with Gasteiger partial charge >= 0.3 is 0 Å². The van der Waals surface area contributed by atoms with Crippen molar-refractivity contribution in [2.75, 3.05) is 0 Å². The molecule has 0 amide bonds. The summed E-state index contributed by atoms with van der Waals surface area (Å²) >= 11 is 3.54. The molecular formula is C8H15Br. The number of allylic oxidation sites excluding steroid dienone is 1. The molecule has 2 unspecified atom stereocenters. The molecule has 0 aliphatic rings. The standard InChI is InChI=1S/C8H15Br/c1-4-5-6-7(2)8(3)9/h4,7-8H,1,5-6H2,2-3H3. The predicted molar refractivity (Wildman–Crippen MR) is 47.0 cm³/mol. The van der Waals surface area contributed by atoms with Crippen LogP contribution in [0.2, 0.25) is 0 Å². The molecule has 0 aliphatic carbocycles. The van der Waals surface area contributed by atoms with Crippen LogP contribution in [0, 0.1) is 5.92 Å². The van der Waals surface area contributed by atoms with Gasteiger partial charge in [-0.25, -0.2) is 0 Å². The van der Waals surface area contributed by atoms with Gasteiger partial charge in [-0.05, 0) is 18.8 Å². The van der Waals surface area contributed by atoms with E-state index in [-0.39, 0.29) is 0 Å². The predicted octanol–water partition coefficient (Wildman–Crippen LogP) is 3.37. The van der Waals surface area contributed by atoms with Crippen LogP contribution in [-0.2, 0) is 0 Å². The third-order valence-corrected chi connectivity index (χ3v) is 2.51. The van der Waals surface area contributed by atoms with Crippen LogP contribution in [0.3, 0.4) is 0 Å². The number of alkyl halides is 1. The van der Waals surface area contributed by atoms with Gasteiger partial charge < -0.3 is 0 Å². The summed E-state index contributed by atoms with van der Waals surface area (Å²) in [4.78, 5) is 0.637. The zero-order chi connectivity index (χ0) is 7.28. The van der Waals surface area contributed by atoms with Gasteiger partial charge in [-0.2, -0.15) is 0 Å². The topological polar surface area (TPSA) is 0 Å². The molecule has 0 aromatic carbocycles. The molecule has 1 heteroatoms. The van der Waals surface area contributed by atoms with Gasteiger partial charge in [-0.3, -0.25) is 0 Å². The van der Waals surface area contributed by atoms with E-state index in [2.05, 4.69) is 36.4 Å². The molecule has 0 radical (unpaired) electrons. The molecule has 0 N–H and O–H groups in total. The molecule has 9 heavy (non-hydrogen) atoms. The van der Waals surface area contributed by atoms with Crippen LogP contribution >= 0.6 is 15.9 Å². The molecule has 0 aliphatic heterocycles. The van der Waals surface area contributed by atoms with Gasteiger partial charge in [0.2, 0.25) is 0 Å². The third kappa shape index (κ3) is 4.71. The zero-order valence-electron chi connectivity index (χ0n) is 6.23. The van der Waals surface area contributed by atoms with E-state index >= 15 is 0 Å². The molecule has 0 saturated heterocycles. The van der Waals surface area contributed by atoms with Gasteiger partial charge in [0.05, 0.1) is 0 Å². The van der Waals surface area contributed by atoms with Crippen molar-refractivity contribution in [2.24, 2.45) is 5.92 Å². The average Bonchev–Trinajstić information content (AvgIpc) is 1.82. The first-order chi connectivity index (χ1) is 4.18. The Morgan fingerprint density at radius 3 is 2.44 bits per heavy atom. The van der Waals surface area contributed by atoms with Crippen molar-refractivity contribution in [3.8, 4) is 0 Å². The Bertz CT molecular complexity index is 76.6. The summed E-state index contributed by atoms with van der Waals surface area (Å²) in [6.45, 7) is 8.12. The summed E-state index contributed by atoms with van der Waals surface area (Å²) in [7, 11) is 0. The Morgan fingerprint density at radius 2 is 2.11 bits per heavy atom. The number of halogens is 1. The highest BCUT2D eigenvalue weighted by molar-refractivity contribution is 9.09. The second kappa shape index (κ2) is 5.04. The minimum atomic E-state index is 0.637. The lowest BCUT2D eigenvalue weighted by molar-refractivity contribution is 0.540. The first-order valence-corrected chi connectivity index (χ1v) is 4.35. The van der Waals surface area contributed by atoms with Gasteiger partial charge in [0.15, 0.2) is 0 Å². The van der Waals surface area contributed by atoms with Crippen LogP contribution in [0.1, 0.15) is 26.7 Å². The SMILES string of the molecule is C=CCCC(C)C(C)Br. The maximum atomic E-state index is 3.68. The van der Waals surface area contributed by atoms with Gasteiger partial charge in [-0.15, -0.1) is 6.58 Å². The normalized spacial score (nSPS) is 16.8. The van der Waals surface area contributed by atoms with Crippen LogP contribution in [0.5, 0.6) is 0 Å². The average molecular weight is 191 g/mol. The highest BCUT2D eigenvalue weighted by atomic mass is 79.9. The quantitative estimate of drug-likeness (QED) is 0.472. The van der Waals surface area contributed by atoms with Crippen molar-refractivity contribution < 1.29 is 0 Å². The fourth-order valence-corrected chi connectivity index (χ4v) is 0.875. The van der Waals surface area contributed by atoms with Gasteiger partial charge in [-0.1, -0.05) is 35.9 Å². The van der Waals surface area contributed by atoms with E-state index in [0.29, 0.717) is 4.83 Å². The lowest BCUT2D eigenvalue weighted by Crippen LogP contribution is -2.04. The van der Waals surface area contributed by atoms with Gasteiger partial charge in [0, 0.05) is 4.83 Å². The fourth-order valence-electron chi connectivity index (χ4n) is 0.610. The highest BCUT2D eigenvalue weighted by Crippen LogP contribution is 2.16. The fraction of sp³-hybridized carbons (Fsp3) is 0.750. The molecular weight excluding hydrogens is 176 g/mol. The summed E-state index contributed by atoms with van der Waals surface area (Å²) in [6, 6.07) is 0. The first-order valence-electron chi connectivity index (χ1n) is 3.43. The summed E-state index contributed by atoms with van der Waals surface area (Å²) < 4.78 is 0. The highest BCUT2D eigenvalue weighted by Gasteiger charge is 2.05. The monoisotopic (exact) mass is 190 g/mol.